The van der Waals surface area contributed by atoms with E-state index in [1.54, 1.807) is 12.1 Å². The second-order valence-electron chi connectivity index (χ2n) is 7.07. The van der Waals surface area contributed by atoms with Crippen LogP contribution in [0.25, 0.3) is 11.0 Å². The van der Waals surface area contributed by atoms with Crippen LogP contribution >= 0.6 is 0 Å². The summed E-state index contributed by atoms with van der Waals surface area (Å²) in [5.41, 5.74) is 5.11. The minimum Gasteiger partial charge on any atom is -0.494 e. The SMILES string of the molecule is CCCCNC(=O)c1ccc(OCCCn2nnc3cc(C)c(C)cc32)cc1. The van der Waals surface area contributed by atoms with Gasteiger partial charge in [0.15, 0.2) is 0 Å². The van der Waals surface area contributed by atoms with E-state index in [1.807, 2.05) is 16.8 Å². The number of hydrogen-bond donors (Lipinski definition) is 1. The predicted octanol–water partition coefficient (Wildman–Crippen LogP) is 4.05. The summed E-state index contributed by atoms with van der Waals surface area (Å²) < 4.78 is 7.72. The van der Waals surface area contributed by atoms with Crippen molar-refractivity contribution in [3.8, 4) is 5.75 Å². The number of rotatable bonds is 9. The highest BCUT2D eigenvalue weighted by Crippen LogP contribution is 2.17. The predicted molar refractivity (Wildman–Crippen MR) is 111 cm³/mol. The Kier molecular flexibility index (Phi) is 6.63. The summed E-state index contributed by atoms with van der Waals surface area (Å²) in [5, 5.41) is 11.4. The fourth-order valence-corrected chi connectivity index (χ4v) is 2.98. The first-order chi connectivity index (χ1) is 13.6. The average Bonchev–Trinajstić information content (AvgIpc) is 3.08. The van der Waals surface area contributed by atoms with Crippen molar-refractivity contribution in [2.75, 3.05) is 13.2 Å². The number of aryl methyl sites for hydroxylation is 3. The number of carbonyl (C=O) groups excluding carboxylic acids is 1. The van der Waals surface area contributed by atoms with Crippen molar-refractivity contribution in [2.24, 2.45) is 0 Å². The van der Waals surface area contributed by atoms with E-state index in [2.05, 4.69) is 48.5 Å². The van der Waals surface area contributed by atoms with Gasteiger partial charge in [-0.15, -0.1) is 5.10 Å². The molecule has 2 aromatic carbocycles. The molecule has 0 bridgehead atoms. The van der Waals surface area contributed by atoms with Crippen LogP contribution in [0.4, 0.5) is 0 Å². The lowest BCUT2D eigenvalue weighted by molar-refractivity contribution is 0.0953. The molecule has 0 saturated heterocycles. The summed E-state index contributed by atoms with van der Waals surface area (Å²) in [6, 6.07) is 11.5. The monoisotopic (exact) mass is 380 g/mol. The Labute approximate surface area is 165 Å². The summed E-state index contributed by atoms with van der Waals surface area (Å²) in [7, 11) is 0. The van der Waals surface area contributed by atoms with Gasteiger partial charge in [0, 0.05) is 25.1 Å². The van der Waals surface area contributed by atoms with Crippen molar-refractivity contribution in [3.63, 3.8) is 0 Å². The Balaban J connectivity index is 1.48. The van der Waals surface area contributed by atoms with E-state index in [9.17, 15) is 4.79 Å². The molecule has 1 aromatic heterocycles. The number of hydrogen-bond acceptors (Lipinski definition) is 4. The second kappa shape index (κ2) is 9.35. The van der Waals surface area contributed by atoms with E-state index in [-0.39, 0.29) is 5.91 Å². The van der Waals surface area contributed by atoms with Crippen molar-refractivity contribution in [3.05, 3.63) is 53.1 Å². The number of aromatic nitrogens is 3. The second-order valence-corrected chi connectivity index (χ2v) is 7.07. The third-order valence-electron chi connectivity index (χ3n) is 4.84. The van der Waals surface area contributed by atoms with Gasteiger partial charge in [-0.25, -0.2) is 4.68 Å². The van der Waals surface area contributed by atoms with Gasteiger partial charge >= 0.3 is 0 Å². The maximum Gasteiger partial charge on any atom is 0.251 e. The largest absolute Gasteiger partial charge is 0.494 e. The van der Waals surface area contributed by atoms with E-state index in [1.165, 1.54) is 11.1 Å². The van der Waals surface area contributed by atoms with Crippen molar-refractivity contribution < 1.29 is 9.53 Å². The Hall–Kier alpha value is -2.89. The summed E-state index contributed by atoms with van der Waals surface area (Å²) in [6.07, 6.45) is 2.88. The molecule has 6 nitrogen and oxygen atoms in total. The molecule has 28 heavy (non-hydrogen) atoms. The highest BCUT2D eigenvalue weighted by Gasteiger charge is 2.07. The van der Waals surface area contributed by atoms with Crippen molar-refractivity contribution in [2.45, 2.75) is 46.6 Å². The first kappa shape index (κ1) is 19.9. The summed E-state index contributed by atoms with van der Waals surface area (Å²) >= 11 is 0. The molecule has 0 saturated carbocycles. The number of ether oxygens (including phenoxy) is 1. The quantitative estimate of drug-likeness (QED) is 0.569. The number of amides is 1. The van der Waals surface area contributed by atoms with E-state index >= 15 is 0 Å². The van der Waals surface area contributed by atoms with Crippen LogP contribution in [-0.4, -0.2) is 34.1 Å². The number of nitrogens with zero attached hydrogens (tertiary/aromatic N) is 3. The Bertz CT molecular complexity index is 932. The zero-order valence-corrected chi connectivity index (χ0v) is 16.9. The molecule has 0 radical (unpaired) electrons. The lowest BCUT2D eigenvalue weighted by Crippen LogP contribution is -2.24. The molecule has 6 heteroatoms. The molecule has 0 aliphatic heterocycles. The van der Waals surface area contributed by atoms with Gasteiger partial charge < -0.3 is 10.1 Å². The highest BCUT2D eigenvalue weighted by atomic mass is 16.5. The lowest BCUT2D eigenvalue weighted by Gasteiger charge is -2.08. The molecule has 0 spiro atoms. The van der Waals surface area contributed by atoms with Crippen LogP contribution in [-0.2, 0) is 6.54 Å². The zero-order valence-electron chi connectivity index (χ0n) is 16.9. The minimum absolute atomic E-state index is 0.0383. The first-order valence-corrected chi connectivity index (χ1v) is 9.90. The number of unbranched alkanes of at least 4 members (excludes halogenated alkanes) is 1. The maximum absolute atomic E-state index is 12.0. The van der Waals surface area contributed by atoms with E-state index in [0.29, 0.717) is 18.7 Å². The van der Waals surface area contributed by atoms with Crippen molar-refractivity contribution in [1.82, 2.24) is 20.3 Å². The minimum atomic E-state index is -0.0383. The van der Waals surface area contributed by atoms with Gasteiger partial charge in [-0.05, 0) is 67.8 Å². The molecule has 3 aromatic rings. The van der Waals surface area contributed by atoms with Crippen molar-refractivity contribution >= 4 is 16.9 Å². The molecule has 148 valence electrons. The zero-order chi connectivity index (χ0) is 19.9. The summed E-state index contributed by atoms with van der Waals surface area (Å²) in [5.74, 6) is 0.726. The number of fused-ring (bicyclic) bond motifs is 1. The van der Waals surface area contributed by atoms with Crippen LogP contribution in [0.1, 0.15) is 47.7 Å². The fraction of sp³-hybridized carbons (Fsp3) is 0.409. The van der Waals surface area contributed by atoms with Gasteiger partial charge in [-0.1, -0.05) is 18.6 Å². The number of carbonyl (C=O) groups is 1. The van der Waals surface area contributed by atoms with E-state index in [4.69, 9.17) is 4.74 Å². The average molecular weight is 380 g/mol. The molecule has 0 aliphatic carbocycles. The number of nitrogens with one attached hydrogen (secondary N) is 1. The van der Waals surface area contributed by atoms with Gasteiger partial charge in [0.2, 0.25) is 0 Å². The molecule has 1 heterocycles. The van der Waals surface area contributed by atoms with Gasteiger partial charge in [0.05, 0.1) is 12.1 Å². The molecule has 0 fully saturated rings. The molecule has 0 atom stereocenters. The van der Waals surface area contributed by atoms with Crippen LogP contribution in [0.2, 0.25) is 0 Å². The summed E-state index contributed by atoms with van der Waals surface area (Å²) in [4.78, 5) is 12.0. The van der Waals surface area contributed by atoms with Crippen LogP contribution < -0.4 is 10.1 Å². The third kappa shape index (κ3) is 4.88. The topological polar surface area (TPSA) is 69.0 Å². The Morgan fingerprint density at radius 2 is 1.86 bits per heavy atom. The highest BCUT2D eigenvalue weighted by molar-refractivity contribution is 5.94. The van der Waals surface area contributed by atoms with Gasteiger partial charge in [-0.3, -0.25) is 4.79 Å². The van der Waals surface area contributed by atoms with Crippen LogP contribution in [0.5, 0.6) is 5.75 Å². The lowest BCUT2D eigenvalue weighted by atomic mass is 10.1. The Morgan fingerprint density at radius 3 is 2.61 bits per heavy atom. The van der Waals surface area contributed by atoms with Gasteiger partial charge in [0.1, 0.15) is 11.3 Å². The molecule has 0 unspecified atom stereocenters. The molecule has 1 N–H and O–H groups in total. The van der Waals surface area contributed by atoms with Crippen LogP contribution in [0.3, 0.4) is 0 Å². The van der Waals surface area contributed by atoms with Crippen molar-refractivity contribution in [1.29, 1.82) is 0 Å². The van der Waals surface area contributed by atoms with E-state index < -0.39 is 0 Å². The molecular formula is C22H28N4O2. The number of benzene rings is 2. The first-order valence-electron chi connectivity index (χ1n) is 9.90. The normalized spacial score (nSPS) is 11.0. The smallest absolute Gasteiger partial charge is 0.251 e. The fourth-order valence-electron chi connectivity index (χ4n) is 2.98. The summed E-state index contributed by atoms with van der Waals surface area (Å²) in [6.45, 7) is 8.32. The molecule has 1 amide bonds. The van der Waals surface area contributed by atoms with E-state index in [0.717, 1.165) is 42.6 Å². The molecule has 0 aliphatic rings. The van der Waals surface area contributed by atoms with Gasteiger partial charge in [-0.2, -0.15) is 0 Å². The van der Waals surface area contributed by atoms with Gasteiger partial charge in [0.25, 0.3) is 5.91 Å². The molecule has 3 rings (SSSR count). The maximum atomic E-state index is 12.0. The Morgan fingerprint density at radius 1 is 1.11 bits per heavy atom. The third-order valence-corrected chi connectivity index (χ3v) is 4.84. The molecular weight excluding hydrogens is 352 g/mol. The van der Waals surface area contributed by atoms with Crippen LogP contribution in [0.15, 0.2) is 36.4 Å². The standard InChI is InChI=1S/C22H28N4O2/c1-4-5-11-23-22(27)18-7-9-19(10-8-18)28-13-6-12-26-21-15-17(3)16(2)14-20(21)24-25-26/h7-10,14-15H,4-6,11-13H2,1-3H3,(H,23,27). The van der Waals surface area contributed by atoms with Crippen LogP contribution in [0, 0.1) is 13.8 Å².